The van der Waals surface area contributed by atoms with Crippen LogP contribution in [0.5, 0.6) is 11.5 Å². The fourth-order valence-corrected chi connectivity index (χ4v) is 1.81. The second-order valence-electron chi connectivity index (χ2n) is 5.22. The number of ether oxygens (including phenoxy) is 1. The summed E-state index contributed by atoms with van der Waals surface area (Å²) in [5.41, 5.74) is 2.15. The fourth-order valence-electron chi connectivity index (χ4n) is 1.81. The smallest absolute Gasteiger partial charge is 0.165 e. The molecule has 3 heteroatoms. The van der Waals surface area contributed by atoms with Gasteiger partial charge in [-0.2, -0.15) is 0 Å². The van der Waals surface area contributed by atoms with Gasteiger partial charge in [-0.15, -0.1) is 0 Å². The molecule has 2 nitrogen and oxygen atoms in total. The quantitative estimate of drug-likeness (QED) is 0.870. The van der Waals surface area contributed by atoms with E-state index in [1.165, 1.54) is 11.6 Å². The number of halogens is 1. The largest absolute Gasteiger partial charge is 0.454 e. The van der Waals surface area contributed by atoms with Crippen LogP contribution in [-0.4, -0.2) is 6.04 Å². The van der Waals surface area contributed by atoms with Crippen molar-refractivity contribution >= 4 is 0 Å². The third kappa shape index (κ3) is 4.07. The van der Waals surface area contributed by atoms with Gasteiger partial charge in [-0.25, -0.2) is 4.39 Å². The Kier molecular flexibility index (Phi) is 4.74. The molecule has 0 saturated carbocycles. The van der Waals surface area contributed by atoms with Gasteiger partial charge >= 0.3 is 0 Å². The summed E-state index contributed by atoms with van der Waals surface area (Å²) in [6.45, 7) is 6.94. The Morgan fingerprint density at radius 3 is 2.45 bits per heavy atom. The molecule has 20 heavy (non-hydrogen) atoms. The van der Waals surface area contributed by atoms with Crippen LogP contribution in [0.4, 0.5) is 4.39 Å². The summed E-state index contributed by atoms with van der Waals surface area (Å²) >= 11 is 0. The molecule has 2 rings (SSSR count). The Morgan fingerprint density at radius 2 is 1.80 bits per heavy atom. The molecule has 0 aromatic heterocycles. The van der Waals surface area contributed by atoms with Gasteiger partial charge in [0.1, 0.15) is 5.75 Å². The lowest BCUT2D eigenvalue weighted by atomic mass is 10.2. The van der Waals surface area contributed by atoms with Crippen LogP contribution in [0.3, 0.4) is 0 Å². The van der Waals surface area contributed by atoms with E-state index >= 15 is 0 Å². The highest BCUT2D eigenvalue weighted by Crippen LogP contribution is 2.25. The Balaban J connectivity index is 2.05. The van der Waals surface area contributed by atoms with Crippen LogP contribution in [-0.2, 0) is 6.54 Å². The van der Waals surface area contributed by atoms with Gasteiger partial charge in [-0.05, 0) is 42.3 Å². The molecular formula is C17H20FNO. The highest BCUT2D eigenvalue weighted by Gasteiger charge is 2.05. The topological polar surface area (TPSA) is 21.3 Å². The zero-order valence-corrected chi connectivity index (χ0v) is 12.1. The van der Waals surface area contributed by atoms with Crippen LogP contribution >= 0.6 is 0 Å². The van der Waals surface area contributed by atoms with E-state index in [-0.39, 0.29) is 11.6 Å². The third-order valence-electron chi connectivity index (χ3n) is 2.95. The van der Waals surface area contributed by atoms with E-state index in [4.69, 9.17) is 4.74 Å². The Labute approximate surface area is 119 Å². The van der Waals surface area contributed by atoms with Gasteiger partial charge in [0, 0.05) is 12.6 Å². The maximum Gasteiger partial charge on any atom is 0.165 e. The van der Waals surface area contributed by atoms with Gasteiger partial charge in [0.15, 0.2) is 11.6 Å². The highest BCUT2D eigenvalue weighted by atomic mass is 19.1. The molecule has 0 atom stereocenters. The molecule has 0 unspecified atom stereocenters. The van der Waals surface area contributed by atoms with Crippen molar-refractivity contribution in [2.75, 3.05) is 0 Å². The molecule has 0 bridgehead atoms. The van der Waals surface area contributed by atoms with E-state index in [0.29, 0.717) is 11.8 Å². The summed E-state index contributed by atoms with van der Waals surface area (Å²) in [6.07, 6.45) is 0. The van der Waals surface area contributed by atoms with Crippen LogP contribution in [0, 0.1) is 12.7 Å². The molecule has 0 aliphatic rings. The number of aryl methyl sites for hydroxylation is 1. The van der Waals surface area contributed by atoms with Gasteiger partial charge in [0.2, 0.25) is 0 Å². The lowest BCUT2D eigenvalue weighted by Gasteiger charge is -2.10. The van der Waals surface area contributed by atoms with Gasteiger partial charge in [-0.1, -0.05) is 32.0 Å². The molecule has 2 aromatic carbocycles. The number of rotatable bonds is 5. The third-order valence-corrected chi connectivity index (χ3v) is 2.95. The minimum atomic E-state index is -0.346. The lowest BCUT2D eigenvalue weighted by Crippen LogP contribution is -2.21. The first-order valence-electron chi connectivity index (χ1n) is 6.81. The fraction of sp³-hybridized carbons (Fsp3) is 0.294. The Bertz CT molecular complexity index is 564. The normalized spacial score (nSPS) is 10.8. The van der Waals surface area contributed by atoms with Crippen molar-refractivity contribution in [1.82, 2.24) is 5.32 Å². The molecule has 106 valence electrons. The molecule has 0 radical (unpaired) electrons. The summed E-state index contributed by atoms with van der Waals surface area (Å²) in [6, 6.07) is 13.0. The second kappa shape index (κ2) is 6.53. The molecule has 1 N–H and O–H groups in total. The molecular weight excluding hydrogens is 253 g/mol. The molecule has 0 saturated heterocycles. The Morgan fingerprint density at radius 1 is 1.10 bits per heavy atom. The number of nitrogens with one attached hydrogen (secondary N) is 1. The maximum atomic E-state index is 13.6. The number of hydrogen-bond donors (Lipinski definition) is 1. The van der Waals surface area contributed by atoms with Gasteiger partial charge < -0.3 is 10.1 Å². The van der Waals surface area contributed by atoms with Crippen molar-refractivity contribution < 1.29 is 9.13 Å². The van der Waals surface area contributed by atoms with Crippen molar-refractivity contribution in [3.63, 3.8) is 0 Å². The minimum absolute atomic E-state index is 0.262. The van der Waals surface area contributed by atoms with E-state index in [9.17, 15) is 4.39 Å². The predicted molar refractivity (Wildman–Crippen MR) is 79.6 cm³/mol. The summed E-state index contributed by atoms with van der Waals surface area (Å²) in [5.74, 6) is 0.557. The van der Waals surface area contributed by atoms with E-state index in [1.807, 2.05) is 31.2 Å². The van der Waals surface area contributed by atoms with Crippen LogP contribution in [0.2, 0.25) is 0 Å². The monoisotopic (exact) mass is 273 g/mol. The van der Waals surface area contributed by atoms with Crippen molar-refractivity contribution in [3.8, 4) is 11.5 Å². The van der Waals surface area contributed by atoms with Crippen molar-refractivity contribution in [1.29, 1.82) is 0 Å². The maximum absolute atomic E-state index is 13.6. The van der Waals surface area contributed by atoms with Gasteiger partial charge in [0.05, 0.1) is 0 Å². The van der Waals surface area contributed by atoms with Crippen LogP contribution in [0.25, 0.3) is 0 Å². The lowest BCUT2D eigenvalue weighted by molar-refractivity contribution is 0.441. The standard InChI is InChI=1S/C17H20FNO/c1-12(2)19-11-14-5-7-15(8-6-14)20-17-10-13(3)4-9-16(17)18/h4-10,12,19H,11H2,1-3H3. The van der Waals surface area contributed by atoms with E-state index < -0.39 is 0 Å². The molecule has 0 aliphatic carbocycles. The summed E-state index contributed by atoms with van der Waals surface area (Å²) in [5, 5.41) is 3.35. The first kappa shape index (κ1) is 14.5. The molecule has 0 amide bonds. The van der Waals surface area contributed by atoms with Gasteiger partial charge in [0.25, 0.3) is 0 Å². The van der Waals surface area contributed by atoms with Crippen molar-refractivity contribution in [2.24, 2.45) is 0 Å². The number of hydrogen-bond acceptors (Lipinski definition) is 2. The first-order valence-corrected chi connectivity index (χ1v) is 6.81. The van der Waals surface area contributed by atoms with E-state index in [0.717, 1.165) is 12.1 Å². The van der Waals surface area contributed by atoms with E-state index in [1.54, 1.807) is 12.1 Å². The average molecular weight is 273 g/mol. The molecule has 2 aromatic rings. The minimum Gasteiger partial charge on any atom is -0.454 e. The molecule has 0 spiro atoms. The summed E-state index contributed by atoms with van der Waals surface area (Å²) < 4.78 is 19.2. The zero-order valence-electron chi connectivity index (χ0n) is 12.1. The average Bonchev–Trinajstić information content (AvgIpc) is 2.42. The van der Waals surface area contributed by atoms with Crippen molar-refractivity contribution in [3.05, 3.63) is 59.4 Å². The summed E-state index contributed by atoms with van der Waals surface area (Å²) in [4.78, 5) is 0. The van der Waals surface area contributed by atoms with E-state index in [2.05, 4.69) is 19.2 Å². The molecule has 0 aliphatic heterocycles. The SMILES string of the molecule is Cc1ccc(F)c(Oc2ccc(CNC(C)C)cc2)c1. The molecule has 0 fully saturated rings. The number of benzene rings is 2. The first-order chi connectivity index (χ1) is 9.54. The predicted octanol–water partition coefficient (Wildman–Crippen LogP) is 4.42. The highest BCUT2D eigenvalue weighted by molar-refractivity contribution is 5.36. The summed E-state index contributed by atoms with van der Waals surface area (Å²) in [7, 11) is 0. The van der Waals surface area contributed by atoms with Crippen LogP contribution < -0.4 is 10.1 Å². The van der Waals surface area contributed by atoms with Gasteiger partial charge in [-0.3, -0.25) is 0 Å². The second-order valence-corrected chi connectivity index (χ2v) is 5.22. The van der Waals surface area contributed by atoms with Crippen molar-refractivity contribution in [2.45, 2.75) is 33.4 Å². The molecule has 0 heterocycles. The van der Waals surface area contributed by atoms with Crippen LogP contribution in [0.15, 0.2) is 42.5 Å². The Hall–Kier alpha value is -1.87. The van der Waals surface area contributed by atoms with Crippen LogP contribution in [0.1, 0.15) is 25.0 Å². The zero-order chi connectivity index (χ0) is 14.5.